The molecule has 2 aromatic heterocycles. The Morgan fingerprint density at radius 1 is 0.800 bits per heavy atom. The van der Waals surface area contributed by atoms with E-state index in [0.29, 0.717) is 24.0 Å². The van der Waals surface area contributed by atoms with Crippen LogP contribution in [0.15, 0.2) is 47.6 Å². The minimum Gasteiger partial charge on any atom is -0.518 e. The third-order valence-electron chi connectivity index (χ3n) is 11.1. The van der Waals surface area contributed by atoms with Gasteiger partial charge in [0.1, 0.15) is 18.3 Å². The molecule has 6 heteroatoms. The molecule has 4 heterocycles. The molecule has 2 aliphatic heterocycles. The van der Waals surface area contributed by atoms with Gasteiger partial charge < -0.3 is 14.0 Å². The number of pyridine rings is 1. The van der Waals surface area contributed by atoms with E-state index in [1.807, 2.05) is 6.20 Å². The van der Waals surface area contributed by atoms with Crippen LogP contribution in [0.3, 0.4) is 0 Å². The first-order chi connectivity index (χ1) is 22.6. The molecule has 0 spiro atoms. The molecule has 1 atom stereocenters. The van der Waals surface area contributed by atoms with E-state index in [1.54, 1.807) is 0 Å². The van der Waals surface area contributed by atoms with Gasteiger partial charge in [0, 0.05) is 34.2 Å². The molecule has 2 aliphatic rings. The predicted molar refractivity (Wildman–Crippen MR) is 202 cm³/mol. The van der Waals surface area contributed by atoms with Crippen LogP contribution in [-0.4, -0.2) is 27.6 Å². The Bertz CT molecular complexity index is 2220. The SMILES string of the molecule is Cc1cnc2c(c1)C(C)(C)c1cc(C(C)(C)C)cc3c4cc(C)c(Oc5[c-]c(C6=N[C@](C)(C(C)(C)C)CO6)cc(C(C)(C)C)c5)[c-]c4n-2c13.[Pt+2]. The van der Waals surface area contributed by atoms with Crippen molar-refractivity contribution < 1.29 is 30.5 Å². The van der Waals surface area contributed by atoms with Crippen molar-refractivity contribution >= 4 is 27.7 Å². The van der Waals surface area contributed by atoms with Crippen molar-refractivity contribution in [2.75, 3.05) is 6.61 Å². The van der Waals surface area contributed by atoms with Gasteiger partial charge in [0.2, 0.25) is 0 Å². The second-order valence-corrected chi connectivity index (χ2v) is 18.3. The summed E-state index contributed by atoms with van der Waals surface area (Å²) >= 11 is 0. The van der Waals surface area contributed by atoms with Crippen LogP contribution in [0.2, 0.25) is 0 Å². The molecular weight excluding hydrogens is 798 g/mol. The van der Waals surface area contributed by atoms with Gasteiger partial charge >= 0.3 is 21.1 Å². The molecule has 0 unspecified atom stereocenters. The molecule has 0 fully saturated rings. The molecule has 0 saturated heterocycles. The summed E-state index contributed by atoms with van der Waals surface area (Å²) in [4.78, 5) is 10.2. The first kappa shape index (κ1) is 36.4. The number of rotatable bonds is 3. The Kier molecular flexibility index (Phi) is 8.39. The zero-order valence-corrected chi connectivity index (χ0v) is 34.5. The Morgan fingerprint density at radius 2 is 1.46 bits per heavy atom. The minimum atomic E-state index is -0.328. The smallest absolute Gasteiger partial charge is 0.518 e. The van der Waals surface area contributed by atoms with Crippen molar-refractivity contribution in [1.29, 1.82) is 0 Å². The third kappa shape index (κ3) is 5.72. The quantitative estimate of drug-likeness (QED) is 0.170. The fourth-order valence-electron chi connectivity index (χ4n) is 7.05. The van der Waals surface area contributed by atoms with Crippen LogP contribution < -0.4 is 4.74 Å². The number of hydrogen-bond donors (Lipinski definition) is 0. The van der Waals surface area contributed by atoms with E-state index in [9.17, 15) is 0 Å². The number of nitrogens with zero attached hydrogens (tertiary/aromatic N) is 3. The van der Waals surface area contributed by atoms with Gasteiger partial charge in [-0.2, -0.15) is 6.07 Å². The summed E-state index contributed by atoms with van der Waals surface area (Å²) in [5.74, 6) is 2.87. The predicted octanol–water partition coefficient (Wildman–Crippen LogP) is 11.0. The van der Waals surface area contributed by atoms with Gasteiger partial charge in [-0.3, -0.25) is 4.99 Å². The van der Waals surface area contributed by atoms with E-state index in [-0.39, 0.29) is 48.3 Å². The number of hydrogen-bond acceptors (Lipinski definition) is 4. The molecular formula is C44H51N3O2Pt. The van der Waals surface area contributed by atoms with E-state index in [0.717, 1.165) is 39.0 Å². The van der Waals surface area contributed by atoms with Crippen LogP contribution in [0.1, 0.15) is 122 Å². The van der Waals surface area contributed by atoms with Crippen molar-refractivity contribution in [3.05, 3.63) is 93.7 Å². The van der Waals surface area contributed by atoms with Gasteiger partial charge in [0.25, 0.3) is 0 Å². The first-order valence-electron chi connectivity index (χ1n) is 17.6. The van der Waals surface area contributed by atoms with E-state index in [1.165, 1.54) is 27.6 Å². The summed E-state index contributed by atoms with van der Waals surface area (Å²) in [5, 5.41) is 2.38. The molecule has 7 rings (SSSR count). The van der Waals surface area contributed by atoms with Gasteiger partial charge in [-0.1, -0.05) is 118 Å². The average molecular weight is 849 g/mol. The molecule has 0 bridgehead atoms. The zero-order chi connectivity index (χ0) is 35.6. The van der Waals surface area contributed by atoms with E-state index >= 15 is 0 Å². The van der Waals surface area contributed by atoms with Crippen LogP contribution in [0.25, 0.3) is 27.6 Å². The molecule has 0 radical (unpaired) electrons. The molecule has 0 aliphatic carbocycles. The number of aromatic nitrogens is 2. The summed E-state index contributed by atoms with van der Waals surface area (Å²) in [6.45, 7) is 31.7. The maximum Gasteiger partial charge on any atom is 2.00 e. The molecule has 0 saturated carbocycles. The van der Waals surface area contributed by atoms with Gasteiger partial charge in [0.15, 0.2) is 0 Å². The fraction of sp³-hybridized carbons (Fsp3) is 0.455. The van der Waals surface area contributed by atoms with Gasteiger partial charge in [-0.05, 0) is 58.2 Å². The number of fused-ring (bicyclic) bond motifs is 5. The van der Waals surface area contributed by atoms with Crippen LogP contribution in [-0.2, 0) is 42.0 Å². The largest absolute Gasteiger partial charge is 2.00 e. The number of aliphatic imine (C=N–C) groups is 1. The average Bonchev–Trinajstić information content (AvgIpc) is 3.54. The second kappa shape index (κ2) is 11.5. The molecule has 3 aromatic carbocycles. The third-order valence-corrected chi connectivity index (χ3v) is 11.1. The molecule has 0 amide bonds. The summed E-state index contributed by atoms with van der Waals surface area (Å²) in [5.41, 5.74) is 9.40. The standard InChI is InChI=1S/C44H51N3O2.Pt/c1-25-15-34-38(45-23-25)47-35-22-36(26(2)16-31(35)32-20-29(41(6,7)8)21-33(37(32)47)43(34,12)13)49-30-18-27(17-28(19-30)40(3,4)5)39-46-44(14,24-48-39)42(9,10)11;/h15-17,19-21,23H,24H2,1-14H3;/q-2;+2/t44-;/m0./s1. The van der Waals surface area contributed by atoms with Crippen LogP contribution in [0.5, 0.6) is 11.5 Å². The summed E-state index contributed by atoms with van der Waals surface area (Å²) in [7, 11) is 0. The number of ether oxygens (including phenoxy) is 2. The second-order valence-electron chi connectivity index (χ2n) is 18.3. The van der Waals surface area contributed by atoms with Gasteiger partial charge in [-0.25, -0.2) is 4.98 Å². The van der Waals surface area contributed by atoms with Crippen LogP contribution in [0.4, 0.5) is 0 Å². The van der Waals surface area contributed by atoms with Crippen molar-refractivity contribution in [1.82, 2.24) is 9.55 Å². The van der Waals surface area contributed by atoms with E-state index < -0.39 is 0 Å². The summed E-state index contributed by atoms with van der Waals surface area (Å²) in [6, 6.07) is 20.9. The zero-order valence-electron chi connectivity index (χ0n) is 32.2. The maximum absolute atomic E-state index is 6.79. The number of benzene rings is 3. The molecule has 5 nitrogen and oxygen atoms in total. The van der Waals surface area contributed by atoms with Crippen LogP contribution >= 0.6 is 0 Å². The number of aryl methyl sites for hydroxylation is 2. The Morgan fingerprint density at radius 3 is 2.08 bits per heavy atom. The first-order valence-corrected chi connectivity index (χ1v) is 17.6. The Balaban J connectivity index is 0.00000432. The summed E-state index contributed by atoms with van der Waals surface area (Å²) in [6.07, 6.45) is 1.97. The minimum absolute atomic E-state index is 0. The van der Waals surface area contributed by atoms with Crippen molar-refractivity contribution in [3.8, 4) is 17.3 Å². The Hall–Kier alpha value is -3.43. The molecule has 264 valence electrons. The van der Waals surface area contributed by atoms with E-state index in [2.05, 4.69) is 150 Å². The normalized spacial score (nSPS) is 18.5. The van der Waals surface area contributed by atoms with Crippen molar-refractivity contribution in [3.63, 3.8) is 0 Å². The summed E-state index contributed by atoms with van der Waals surface area (Å²) < 4.78 is 15.4. The Labute approximate surface area is 313 Å². The molecule has 50 heavy (non-hydrogen) atoms. The van der Waals surface area contributed by atoms with Gasteiger partial charge in [-0.15, -0.1) is 28.6 Å². The van der Waals surface area contributed by atoms with Gasteiger partial charge in [0.05, 0.1) is 5.54 Å². The van der Waals surface area contributed by atoms with Crippen molar-refractivity contribution in [2.24, 2.45) is 10.4 Å². The van der Waals surface area contributed by atoms with Crippen LogP contribution in [0, 0.1) is 31.4 Å². The monoisotopic (exact) mass is 848 g/mol. The molecule has 5 aromatic rings. The fourth-order valence-corrected chi connectivity index (χ4v) is 7.05. The topological polar surface area (TPSA) is 48.6 Å². The molecule has 0 N–H and O–H groups in total. The van der Waals surface area contributed by atoms with Crippen molar-refractivity contribution in [2.45, 2.75) is 119 Å². The van der Waals surface area contributed by atoms with E-state index in [4.69, 9.17) is 19.5 Å². The maximum atomic E-state index is 6.79.